The number of rotatable bonds is 7. The number of nitrogens with one attached hydrogen (secondary N) is 2. The lowest BCUT2D eigenvalue weighted by molar-refractivity contribution is 0.0950. The molecule has 1 amide bonds. The van der Waals surface area contributed by atoms with E-state index < -0.39 is 0 Å². The maximum Gasteiger partial charge on any atom is 0.257 e. The van der Waals surface area contributed by atoms with E-state index in [0.29, 0.717) is 30.2 Å². The van der Waals surface area contributed by atoms with Gasteiger partial charge >= 0.3 is 0 Å². The van der Waals surface area contributed by atoms with Crippen molar-refractivity contribution in [2.24, 2.45) is 0 Å². The minimum absolute atomic E-state index is 0.228. The topological polar surface area (TPSA) is 106 Å². The van der Waals surface area contributed by atoms with Gasteiger partial charge in [-0.25, -0.2) is 4.98 Å². The molecular weight excluding hydrogens is 270 g/mol. The van der Waals surface area contributed by atoms with Crippen LogP contribution in [0.5, 0.6) is 5.75 Å². The van der Waals surface area contributed by atoms with Gasteiger partial charge in [0.05, 0.1) is 6.61 Å². The van der Waals surface area contributed by atoms with Crippen LogP contribution in [0.2, 0.25) is 0 Å². The summed E-state index contributed by atoms with van der Waals surface area (Å²) in [4.78, 5) is 16.2. The minimum atomic E-state index is -0.228. The zero-order valence-corrected chi connectivity index (χ0v) is 11.9. The summed E-state index contributed by atoms with van der Waals surface area (Å²) in [7, 11) is 0. The number of amides is 1. The van der Waals surface area contributed by atoms with Gasteiger partial charge in [0, 0.05) is 18.7 Å². The van der Waals surface area contributed by atoms with Crippen LogP contribution in [0.25, 0.3) is 0 Å². The number of anilines is 1. The number of aromatic amines is 1. The van der Waals surface area contributed by atoms with E-state index in [1.54, 1.807) is 18.2 Å². The molecule has 0 aliphatic carbocycles. The average molecular weight is 289 g/mol. The van der Waals surface area contributed by atoms with E-state index in [-0.39, 0.29) is 5.91 Å². The van der Waals surface area contributed by atoms with Gasteiger partial charge in [-0.3, -0.25) is 9.89 Å². The van der Waals surface area contributed by atoms with Crippen molar-refractivity contribution in [3.8, 4) is 5.75 Å². The van der Waals surface area contributed by atoms with Gasteiger partial charge in [0.2, 0.25) is 0 Å². The Morgan fingerprint density at radius 3 is 3.05 bits per heavy atom. The lowest BCUT2D eigenvalue weighted by Crippen LogP contribution is -2.26. The summed E-state index contributed by atoms with van der Waals surface area (Å²) in [5, 5.41) is 9.39. The van der Waals surface area contributed by atoms with Crippen LogP contribution in [0.1, 0.15) is 29.5 Å². The summed E-state index contributed by atoms with van der Waals surface area (Å²) in [5.74, 6) is 1.08. The third-order valence-electron chi connectivity index (χ3n) is 2.93. The summed E-state index contributed by atoms with van der Waals surface area (Å²) < 4.78 is 5.44. The number of nitrogens with two attached hydrogens (primary N) is 1. The highest BCUT2D eigenvalue weighted by Gasteiger charge is 2.15. The number of ether oxygens (including phenoxy) is 1. The molecule has 0 atom stereocenters. The molecule has 0 bridgehead atoms. The van der Waals surface area contributed by atoms with Crippen LogP contribution >= 0.6 is 0 Å². The normalized spacial score (nSPS) is 10.3. The van der Waals surface area contributed by atoms with E-state index in [0.717, 1.165) is 18.7 Å². The second-order valence-corrected chi connectivity index (χ2v) is 4.45. The predicted octanol–water partition coefficient (Wildman–Crippen LogP) is 1.15. The molecule has 7 nitrogen and oxygen atoms in total. The molecule has 2 rings (SSSR count). The van der Waals surface area contributed by atoms with E-state index in [2.05, 4.69) is 20.5 Å². The van der Waals surface area contributed by atoms with Crippen molar-refractivity contribution in [2.75, 3.05) is 18.9 Å². The van der Waals surface area contributed by atoms with Gasteiger partial charge in [0.25, 0.3) is 5.91 Å². The van der Waals surface area contributed by atoms with Crippen LogP contribution in [0.15, 0.2) is 24.5 Å². The first-order valence-electron chi connectivity index (χ1n) is 6.86. The molecule has 1 heterocycles. The zero-order chi connectivity index (χ0) is 15.1. The highest BCUT2D eigenvalue weighted by atomic mass is 16.5. The molecule has 0 spiro atoms. The predicted molar refractivity (Wildman–Crippen MR) is 79.1 cm³/mol. The second-order valence-electron chi connectivity index (χ2n) is 4.45. The fraction of sp³-hybridized carbons (Fsp3) is 0.357. The fourth-order valence-corrected chi connectivity index (χ4v) is 1.96. The molecule has 4 N–H and O–H groups in total. The van der Waals surface area contributed by atoms with Crippen molar-refractivity contribution >= 4 is 11.6 Å². The van der Waals surface area contributed by atoms with Gasteiger partial charge in [0.15, 0.2) is 0 Å². The van der Waals surface area contributed by atoms with Crippen molar-refractivity contribution in [2.45, 2.75) is 19.8 Å². The third-order valence-corrected chi connectivity index (χ3v) is 2.93. The standard InChI is InChI=1S/C14H19N5O2/c1-2-21-11-6-3-5-10(15)13(11)14(20)16-8-4-7-12-17-9-18-19-12/h3,5-6,9H,2,4,7-8,15H2,1H3,(H,16,20)(H,17,18,19). The monoisotopic (exact) mass is 289 g/mol. The van der Waals surface area contributed by atoms with Crippen LogP contribution < -0.4 is 15.8 Å². The molecule has 0 unspecified atom stereocenters. The van der Waals surface area contributed by atoms with Gasteiger partial charge in [-0.15, -0.1) is 0 Å². The largest absolute Gasteiger partial charge is 0.493 e. The highest BCUT2D eigenvalue weighted by Crippen LogP contribution is 2.24. The molecule has 21 heavy (non-hydrogen) atoms. The summed E-state index contributed by atoms with van der Waals surface area (Å²) in [6.45, 7) is 2.87. The Morgan fingerprint density at radius 1 is 1.48 bits per heavy atom. The molecule has 1 aromatic carbocycles. The number of nitrogen functional groups attached to an aromatic ring is 1. The molecular formula is C14H19N5O2. The smallest absolute Gasteiger partial charge is 0.257 e. The molecule has 0 saturated carbocycles. The fourth-order valence-electron chi connectivity index (χ4n) is 1.96. The number of nitrogens with zero attached hydrogens (tertiary/aromatic N) is 2. The maximum atomic E-state index is 12.2. The number of H-pyrrole nitrogens is 1. The van der Waals surface area contributed by atoms with E-state index in [1.807, 2.05) is 6.92 Å². The van der Waals surface area contributed by atoms with Gasteiger partial charge in [0.1, 0.15) is 23.5 Å². The Hall–Kier alpha value is -2.57. The number of benzene rings is 1. The van der Waals surface area contributed by atoms with Crippen LogP contribution in [-0.4, -0.2) is 34.2 Å². The Morgan fingerprint density at radius 2 is 2.33 bits per heavy atom. The number of aromatic nitrogens is 3. The Bertz CT molecular complexity index is 583. The van der Waals surface area contributed by atoms with E-state index in [1.165, 1.54) is 6.33 Å². The lowest BCUT2D eigenvalue weighted by Gasteiger charge is -2.12. The molecule has 0 aliphatic rings. The van der Waals surface area contributed by atoms with E-state index >= 15 is 0 Å². The van der Waals surface area contributed by atoms with Crippen LogP contribution in [0, 0.1) is 0 Å². The SMILES string of the molecule is CCOc1cccc(N)c1C(=O)NCCCc1ncn[nH]1. The second kappa shape index (κ2) is 7.28. The third kappa shape index (κ3) is 3.95. The number of hydrogen-bond donors (Lipinski definition) is 3. The minimum Gasteiger partial charge on any atom is -0.493 e. The maximum absolute atomic E-state index is 12.2. The van der Waals surface area contributed by atoms with Gasteiger partial charge in [-0.05, 0) is 25.5 Å². The van der Waals surface area contributed by atoms with Crippen molar-refractivity contribution in [3.05, 3.63) is 35.9 Å². The van der Waals surface area contributed by atoms with E-state index in [4.69, 9.17) is 10.5 Å². The Labute approximate surface area is 122 Å². The Kier molecular flexibility index (Phi) is 5.14. The number of hydrogen-bond acceptors (Lipinski definition) is 5. The molecule has 112 valence electrons. The van der Waals surface area contributed by atoms with Gasteiger partial charge in [-0.1, -0.05) is 6.07 Å². The summed E-state index contributed by atoms with van der Waals surface area (Å²) in [5.41, 5.74) is 6.67. The van der Waals surface area contributed by atoms with Crippen molar-refractivity contribution in [3.63, 3.8) is 0 Å². The van der Waals surface area contributed by atoms with Crippen LogP contribution in [0.4, 0.5) is 5.69 Å². The molecule has 0 radical (unpaired) electrons. The van der Waals surface area contributed by atoms with Gasteiger partial charge < -0.3 is 15.8 Å². The molecule has 7 heteroatoms. The average Bonchev–Trinajstić information content (AvgIpc) is 2.97. The highest BCUT2D eigenvalue weighted by molar-refractivity contribution is 6.01. The first-order valence-corrected chi connectivity index (χ1v) is 6.86. The van der Waals surface area contributed by atoms with Gasteiger partial charge in [-0.2, -0.15) is 5.10 Å². The van der Waals surface area contributed by atoms with Crippen molar-refractivity contribution in [1.29, 1.82) is 0 Å². The summed E-state index contributed by atoms with van der Waals surface area (Å²) in [6, 6.07) is 5.19. The van der Waals surface area contributed by atoms with E-state index in [9.17, 15) is 4.79 Å². The molecule has 1 aromatic heterocycles. The lowest BCUT2D eigenvalue weighted by atomic mass is 10.1. The van der Waals surface area contributed by atoms with Crippen LogP contribution in [0.3, 0.4) is 0 Å². The molecule has 2 aromatic rings. The number of carbonyl (C=O) groups is 1. The zero-order valence-electron chi connectivity index (χ0n) is 11.9. The molecule has 0 aliphatic heterocycles. The number of carbonyl (C=O) groups excluding carboxylic acids is 1. The van der Waals surface area contributed by atoms with Crippen molar-refractivity contribution < 1.29 is 9.53 Å². The van der Waals surface area contributed by atoms with Crippen molar-refractivity contribution in [1.82, 2.24) is 20.5 Å². The number of aryl methyl sites for hydroxylation is 1. The summed E-state index contributed by atoms with van der Waals surface area (Å²) in [6.07, 6.45) is 2.95. The summed E-state index contributed by atoms with van der Waals surface area (Å²) >= 11 is 0. The quantitative estimate of drug-likeness (QED) is 0.523. The van der Waals surface area contributed by atoms with Crippen LogP contribution in [-0.2, 0) is 6.42 Å². The molecule has 0 saturated heterocycles. The first-order chi connectivity index (χ1) is 10.2. The Balaban J connectivity index is 1.90. The molecule has 0 fully saturated rings. The first kappa shape index (κ1) is 14.8.